The van der Waals surface area contributed by atoms with Crippen LogP contribution in [0.1, 0.15) is 23.2 Å². The van der Waals surface area contributed by atoms with Crippen LogP contribution in [0.25, 0.3) is 0 Å². The minimum atomic E-state index is -3.04. The maximum Gasteiger partial charge on any atom is 0.253 e. The van der Waals surface area contributed by atoms with Crippen LogP contribution < -0.4 is 5.32 Å². The van der Waals surface area contributed by atoms with E-state index in [1.165, 1.54) is 0 Å². The quantitative estimate of drug-likeness (QED) is 0.819. The smallest absolute Gasteiger partial charge is 0.253 e. The van der Waals surface area contributed by atoms with Crippen molar-refractivity contribution in [2.24, 2.45) is 0 Å². The molecule has 1 saturated heterocycles. The normalized spacial score (nSPS) is 21.9. The molecule has 0 saturated carbocycles. The van der Waals surface area contributed by atoms with E-state index in [2.05, 4.69) is 17.9 Å². The first-order valence-corrected chi connectivity index (χ1v) is 8.52. The van der Waals surface area contributed by atoms with Gasteiger partial charge in [0.05, 0.1) is 22.1 Å². The van der Waals surface area contributed by atoms with Crippen molar-refractivity contribution in [2.45, 2.75) is 23.8 Å². The number of nitrogens with one attached hydrogen (secondary N) is 1. The lowest BCUT2D eigenvalue weighted by molar-refractivity contribution is 0.0938. The average Bonchev–Trinajstić information content (AvgIpc) is 2.31. The fourth-order valence-electron chi connectivity index (χ4n) is 2.09. The maximum absolute atomic E-state index is 12.1. The number of halogens is 1. The van der Waals surface area contributed by atoms with Gasteiger partial charge in [-0.2, -0.15) is 0 Å². The number of hydrogen-bond donors (Lipinski definition) is 2. The van der Waals surface area contributed by atoms with E-state index in [1.54, 1.807) is 18.2 Å². The molecular weight excluding hydrogens is 306 g/mol. The molecule has 1 unspecified atom stereocenters. The summed E-state index contributed by atoms with van der Waals surface area (Å²) in [7, 11) is -3.04. The van der Waals surface area contributed by atoms with Gasteiger partial charge in [0.15, 0.2) is 9.84 Å². The highest BCUT2D eigenvalue weighted by Crippen LogP contribution is 2.20. The molecule has 1 fully saturated rings. The van der Waals surface area contributed by atoms with Gasteiger partial charge >= 0.3 is 0 Å². The summed E-state index contributed by atoms with van der Waals surface area (Å²) < 4.78 is 23.0. The molecule has 1 aliphatic heterocycles. The van der Waals surface area contributed by atoms with E-state index >= 15 is 0 Å². The molecule has 1 aromatic rings. The zero-order valence-electron chi connectivity index (χ0n) is 10.1. The second-order valence-corrected chi connectivity index (χ2v) is 7.74. The number of sulfone groups is 1. The number of carbonyl (C=O) groups excluding carboxylic acids is 1. The van der Waals surface area contributed by atoms with E-state index in [4.69, 9.17) is 11.6 Å². The molecule has 19 heavy (non-hydrogen) atoms. The minimum absolute atomic E-state index is 0.00305. The van der Waals surface area contributed by atoms with Crippen LogP contribution in [0.4, 0.5) is 0 Å². The monoisotopic (exact) mass is 319 g/mol. The Kier molecular flexibility index (Phi) is 4.43. The fourth-order valence-corrected chi connectivity index (χ4v) is 4.13. The Labute approximate surface area is 122 Å². The molecule has 1 aromatic carbocycles. The van der Waals surface area contributed by atoms with Gasteiger partial charge in [0, 0.05) is 10.9 Å². The van der Waals surface area contributed by atoms with Gasteiger partial charge in [-0.25, -0.2) is 8.42 Å². The van der Waals surface area contributed by atoms with Crippen LogP contribution in [-0.2, 0) is 9.84 Å². The van der Waals surface area contributed by atoms with Gasteiger partial charge in [0.25, 0.3) is 5.91 Å². The summed E-state index contributed by atoms with van der Waals surface area (Å²) in [5.74, 6) is -0.161. The first-order chi connectivity index (χ1) is 8.87. The van der Waals surface area contributed by atoms with E-state index in [1.807, 2.05) is 0 Å². The number of amides is 1. The molecular formula is C12H14ClNO3S2. The maximum atomic E-state index is 12.1. The molecule has 1 amide bonds. The van der Waals surface area contributed by atoms with Crippen LogP contribution >= 0.6 is 24.2 Å². The number of benzene rings is 1. The van der Waals surface area contributed by atoms with Gasteiger partial charge in [-0.05, 0) is 31.0 Å². The van der Waals surface area contributed by atoms with Crippen LogP contribution in [0.2, 0.25) is 5.02 Å². The van der Waals surface area contributed by atoms with Gasteiger partial charge in [0.2, 0.25) is 0 Å². The predicted molar refractivity (Wildman–Crippen MR) is 77.8 cm³/mol. The van der Waals surface area contributed by atoms with Gasteiger partial charge in [-0.1, -0.05) is 11.6 Å². The molecule has 2 rings (SSSR count). The lowest BCUT2D eigenvalue weighted by Gasteiger charge is -2.23. The standard InChI is InChI=1S/C12H14ClNO3S2/c13-11-4-3-9(18)6-10(11)12(15)14-8-2-1-5-19(16,17)7-8/h3-4,6,8,18H,1-2,5,7H2,(H,14,15). The van der Waals surface area contributed by atoms with E-state index < -0.39 is 9.84 Å². The van der Waals surface area contributed by atoms with E-state index in [0.717, 1.165) is 0 Å². The van der Waals surface area contributed by atoms with Gasteiger partial charge in [-0.15, -0.1) is 12.6 Å². The molecule has 1 heterocycles. The zero-order valence-corrected chi connectivity index (χ0v) is 12.6. The Morgan fingerprint density at radius 1 is 1.42 bits per heavy atom. The Morgan fingerprint density at radius 3 is 2.84 bits per heavy atom. The number of hydrogen-bond acceptors (Lipinski definition) is 4. The van der Waals surface area contributed by atoms with E-state index in [-0.39, 0.29) is 23.5 Å². The van der Waals surface area contributed by atoms with Crippen molar-refractivity contribution >= 4 is 40.0 Å². The van der Waals surface area contributed by atoms with Crippen molar-refractivity contribution < 1.29 is 13.2 Å². The molecule has 0 bridgehead atoms. The second-order valence-electron chi connectivity index (χ2n) is 4.59. The highest BCUT2D eigenvalue weighted by molar-refractivity contribution is 7.91. The Hall–Kier alpha value is -0.720. The van der Waals surface area contributed by atoms with Crippen molar-refractivity contribution in [3.05, 3.63) is 28.8 Å². The van der Waals surface area contributed by atoms with Crippen LogP contribution in [0, 0.1) is 0 Å². The number of thiol groups is 1. The number of rotatable bonds is 2. The Balaban J connectivity index is 2.11. The molecule has 1 atom stereocenters. The summed E-state index contributed by atoms with van der Waals surface area (Å²) in [5, 5.41) is 3.05. The summed E-state index contributed by atoms with van der Waals surface area (Å²) in [6.45, 7) is 0. The topological polar surface area (TPSA) is 63.2 Å². The summed E-state index contributed by atoms with van der Waals surface area (Å²) in [5.41, 5.74) is 0.317. The first-order valence-electron chi connectivity index (χ1n) is 5.87. The van der Waals surface area contributed by atoms with Crippen molar-refractivity contribution in [3.63, 3.8) is 0 Å². The number of carbonyl (C=O) groups is 1. The van der Waals surface area contributed by atoms with Crippen LogP contribution in [0.5, 0.6) is 0 Å². The highest BCUT2D eigenvalue weighted by atomic mass is 35.5. The lowest BCUT2D eigenvalue weighted by atomic mass is 10.1. The van der Waals surface area contributed by atoms with Crippen molar-refractivity contribution in [3.8, 4) is 0 Å². The summed E-state index contributed by atoms with van der Waals surface area (Å²) in [4.78, 5) is 12.7. The molecule has 0 spiro atoms. The minimum Gasteiger partial charge on any atom is -0.348 e. The van der Waals surface area contributed by atoms with Crippen LogP contribution in [-0.4, -0.2) is 31.9 Å². The zero-order chi connectivity index (χ0) is 14.0. The van der Waals surface area contributed by atoms with Crippen molar-refractivity contribution in [1.29, 1.82) is 0 Å². The highest BCUT2D eigenvalue weighted by Gasteiger charge is 2.26. The second kappa shape index (κ2) is 5.73. The van der Waals surface area contributed by atoms with Gasteiger partial charge in [0.1, 0.15) is 0 Å². The average molecular weight is 320 g/mol. The third kappa shape index (κ3) is 3.87. The summed E-state index contributed by atoms with van der Waals surface area (Å²) >= 11 is 10.1. The van der Waals surface area contributed by atoms with Crippen LogP contribution in [0.3, 0.4) is 0 Å². The molecule has 1 N–H and O–H groups in total. The fraction of sp³-hybridized carbons (Fsp3) is 0.417. The van der Waals surface area contributed by atoms with Crippen LogP contribution in [0.15, 0.2) is 23.1 Å². The molecule has 7 heteroatoms. The molecule has 0 aliphatic carbocycles. The summed E-state index contributed by atoms with van der Waals surface area (Å²) in [6, 6.07) is 4.51. The SMILES string of the molecule is O=C(NC1CCCS(=O)(=O)C1)c1cc(S)ccc1Cl. The molecule has 104 valence electrons. The van der Waals surface area contributed by atoms with Crippen molar-refractivity contribution in [2.75, 3.05) is 11.5 Å². The third-order valence-corrected chi connectivity index (χ3v) is 5.42. The molecule has 4 nitrogen and oxygen atoms in total. The summed E-state index contributed by atoms with van der Waals surface area (Å²) in [6.07, 6.45) is 1.25. The largest absolute Gasteiger partial charge is 0.348 e. The Bertz CT molecular complexity index is 601. The molecule has 1 aliphatic rings. The van der Waals surface area contributed by atoms with Crippen molar-refractivity contribution in [1.82, 2.24) is 5.32 Å². The van der Waals surface area contributed by atoms with Gasteiger partial charge < -0.3 is 5.32 Å². The first kappa shape index (κ1) is 14.7. The Morgan fingerprint density at radius 2 is 2.16 bits per heavy atom. The third-order valence-electron chi connectivity index (χ3n) is 2.99. The van der Waals surface area contributed by atoms with E-state index in [0.29, 0.717) is 28.3 Å². The van der Waals surface area contributed by atoms with E-state index in [9.17, 15) is 13.2 Å². The molecule has 0 aromatic heterocycles. The van der Waals surface area contributed by atoms with Gasteiger partial charge in [-0.3, -0.25) is 4.79 Å². The lowest BCUT2D eigenvalue weighted by Crippen LogP contribution is -2.43. The molecule has 0 radical (unpaired) electrons. The predicted octanol–water partition coefficient (Wildman–Crippen LogP) is 1.94.